The van der Waals surface area contributed by atoms with Crippen molar-refractivity contribution in [3.63, 3.8) is 0 Å². The minimum Gasteiger partial charge on any atom is -0.344 e. The number of allylic oxidation sites excluding steroid dienone is 1. The van der Waals surface area contributed by atoms with Gasteiger partial charge in [-0.3, -0.25) is 9.59 Å². The number of anilines is 1. The van der Waals surface area contributed by atoms with Gasteiger partial charge in [0.1, 0.15) is 6.04 Å². The number of amides is 2. The fraction of sp³-hybridized carbons (Fsp3) is 0.200. The highest BCUT2D eigenvalue weighted by Gasteiger charge is 2.20. The molecule has 0 aliphatic carbocycles. The Morgan fingerprint density at radius 1 is 1.12 bits per heavy atom. The molecule has 2 amide bonds. The largest absolute Gasteiger partial charge is 0.344 e. The Hall–Kier alpha value is -2.59. The molecule has 4 nitrogen and oxygen atoms in total. The predicted molar refractivity (Wildman–Crippen MR) is 103 cm³/mol. The molecule has 0 aliphatic rings. The summed E-state index contributed by atoms with van der Waals surface area (Å²) >= 11 is 6.22. The van der Waals surface area contributed by atoms with E-state index in [-0.39, 0.29) is 11.8 Å². The van der Waals surface area contributed by atoms with E-state index < -0.39 is 6.04 Å². The molecule has 0 unspecified atom stereocenters. The molecule has 25 heavy (non-hydrogen) atoms. The highest BCUT2D eigenvalue weighted by Crippen LogP contribution is 2.26. The topological polar surface area (TPSA) is 58.2 Å². The SMILES string of the molecule is C=C(C)c1ccc(NC(=O)[C@@H](Cc2ccccc2)NC(C)=O)cc1Cl. The number of halogens is 1. The van der Waals surface area contributed by atoms with Crippen molar-refractivity contribution < 1.29 is 9.59 Å². The number of carbonyl (C=O) groups is 2. The Morgan fingerprint density at radius 3 is 2.36 bits per heavy atom. The van der Waals surface area contributed by atoms with E-state index in [2.05, 4.69) is 17.2 Å². The highest BCUT2D eigenvalue weighted by molar-refractivity contribution is 6.32. The predicted octanol–water partition coefficient (Wildman–Crippen LogP) is 4.06. The molecule has 2 N–H and O–H groups in total. The smallest absolute Gasteiger partial charge is 0.247 e. The van der Waals surface area contributed by atoms with Crippen LogP contribution in [-0.2, 0) is 16.0 Å². The zero-order valence-electron chi connectivity index (χ0n) is 14.3. The standard InChI is InChI=1S/C20H21ClN2O2/c1-13(2)17-10-9-16(12-18(17)21)23-20(25)19(22-14(3)24)11-15-7-5-4-6-8-15/h4-10,12,19H,1,11H2,2-3H3,(H,22,24)(H,23,25)/t19-/m1/s1. The molecule has 0 heterocycles. The van der Waals surface area contributed by atoms with Crippen LogP contribution < -0.4 is 10.6 Å². The number of rotatable bonds is 6. The normalized spacial score (nSPS) is 11.5. The molecule has 0 fully saturated rings. The summed E-state index contributed by atoms with van der Waals surface area (Å²) in [6, 6.07) is 14.1. The van der Waals surface area contributed by atoms with Crippen molar-refractivity contribution in [2.45, 2.75) is 26.3 Å². The number of nitrogens with one attached hydrogen (secondary N) is 2. The van der Waals surface area contributed by atoms with Gasteiger partial charge < -0.3 is 10.6 Å². The Balaban J connectivity index is 2.15. The second kappa shape index (κ2) is 8.49. The van der Waals surface area contributed by atoms with Crippen LogP contribution in [0.25, 0.3) is 5.57 Å². The van der Waals surface area contributed by atoms with E-state index in [1.54, 1.807) is 12.1 Å². The highest BCUT2D eigenvalue weighted by atomic mass is 35.5. The Kier molecular flexibility index (Phi) is 6.37. The lowest BCUT2D eigenvalue weighted by Gasteiger charge is -2.18. The van der Waals surface area contributed by atoms with Gasteiger partial charge in [0, 0.05) is 19.0 Å². The first-order valence-electron chi connectivity index (χ1n) is 7.94. The van der Waals surface area contributed by atoms with E-state index in [0.717, 1.165) is 16.7 Å². The van der Waals surface area contributed by atoms with Crippen LogP contribution in [-0.4, -0.2) is 17.9 Å². The third-order valence-electron chi connectivity index (χ3n) is 3.67. The second-order valence-corrected chi connectivity index (χ2v) is 6.31. The van der Waals surface area contributed by atoms with Crippen molar-refractivity contribution in [3.8, 4) is 0 Å². The molecule has 2 aromatic rings. The van der Waals surface area contributed by atoms with Gasteiger partial charge in [-0.05, 0) is 35.8 Å². The van der Waals surface area contributed by atoms with Crippen LogP contribution in [0.3, 0.4) is 0 Å². The zero-order valence-corrected chi connectivity index (χ0v) is 15.1. The van der Waals surface area contributed by atoms with Crippen molar-refractivity contribution in [1.82, 2.24) is 5.32 Å². The van der Waals surface area contributed by atoms with Crippen molar-refractivity contribution in [2.75, 3.05) is 5.32 Å². The van der Waals surface area contributed by atoms with Crippen molar-refractivity contribution in [2.24, 2.45) is 0 Å². The summed E-state index contributed by atoms with van der Waals surface area (Å²) in [5.41, 5.74) is 3.22. The molecular weight excluding hydrogens is 336 g/mol. The van der Waals surface area contributed by atoms with Gasteiger partial charge in [0.2, 0.25) is 11.8 Å². The van der Waals surface area contributed by atoms with Crippen molar-refractivity contribution in [1.29, 1.82) is 0 Å². The molecule has 0 spiro atoms. The van der Waals surface area contributed by atoms with Crippen LogP contribution in [0, 0.1) is 0 Å². The van der Waals surface area contributed by atoms with Crippen molar-refractivity contribution in [3.05, 3.63) is 71.3 Å². The van der Waals surface area contributed by atoms with Gasteiger partial charge in [-0.15, -0.1) is 0 Å². The number of carbonyl (C=O) groups excluding carboxylic acids is 2. The maximum atomic E-state index is 12.6. The van der Waals surface area contributed by atoms with Gasteiger partial charge in [0.25, 0.3) is 0 Å². The van der Waals surface area contributed by atoms with Crippen LogP contribution in [0.4, 0.5) is 5.69 Å². The number of hydrogen-bond donors (Lipinski definition) is 2. The summed E-state index contributed by atoms with van der Waals surface area (Å²) in [7, 11) is 0. The van der Waals surface area contributed by atoms with Crippen LogP contribution in [0.15, 0.2) is 55.1 Å². The van der Waals surface area contributed by atoms with E-state index in [9.17, 15) is 9.59 Å². The third kappa shape index (κ3) is 5.47. The van der Waals surface area contributed by atoms with E-state index in [0.29, 0.717) is 17.1 Å². The first-order valence-corrected chi connectivity index (χ1v) is 8.32. The first kappa shape index (κ1) is 18.7. The average Bonchev–Trinajstić information content (AvgIpc) is 2.54. The summed E-state index contributed by atoms with van der Waals surface area (Å²) in [5, 5.41) is 6.02. The summed E-state index contributed by atoms with van der Waals surface area (Å²) in [4.78, 5) is 24.0. The lowest BCUT2D eigenvalue weighted by atomic mass is 10.0. The molecule has 0 radical (unpaired) electrons. The Bertz CT molecular complexity index is 788. The monoisotopic (exact) mass is 356 g/mol. The van der Waals surface area contributed by atoms with Gasteiger partial charge in [0.05, 0.1) is 5.02 Å². The van der Waals surface area contributed by atoms with Crippen molar-refractivity contribution >= 4 is 34.7 Å². The van der Waals surface area contributed by atoms with Crippen LogP contribution in [0.1, 0.15) is 25.0 Å². The van der Waals surface area contributed by atoms with Crippen LogP contribution in [0.2, 0.25) is 5.02 Å². The number of benzene rings is 2. The Labute approximate surface area is 152 Å². The van der Waals surface area contributed by atoms with E-state index in [1.807, 2.05) is 43.3 Å². The number of hydrogen-bond acceptors (Lipinski definition) is 2. The summed E-state index contributed by atoms with van der Waals surface area (Å²) in [6.07, 6.45) is 0.407. The molecule has 5 heteroatoms. The maximum absolute atomic E-state index is 12.6. The molecular formula is C20H21ClN2O2. The van der Waals surface area contributed by atoms with E-state index in [1.165, 1.54) is 6.92 Å². The molecule has 0 aromatic heterocycles. The van der Waals surface area contributed by atoms with Gasteiger partial charge in [-0.2, -0.15) is 0 Å². The molecule has 1 atom stereocenters. The van der Waals surface area contributed by atoms with E-state index >= 15 is 0 Å². The molecule has 0 saturated heterocycles. The molecule has 130 valence electrons. The van der Waals surface area contributed by atoms with Crippen LogP contribution >= 0.6 is 11.6 Å². The van der Waals surface area contributed by atoms with Gasteiger partial charge in [0.15, 0.2) is 0 Å². The summed E-state index contributed by atoms with van der Waals surface area (Å²) < 4.78 is 0. The second-order valence-electron chi connectivity index (χ2n) is 5.91. The molecule has 2 rings (SSSR count). The quantitative estimate of drug-likeness (QED) is 0.820. The fourth-order valence-corrected chi connectivity index (χ4v) is 2.81. The van der Waals surface area contributed by atoms with Gasteiger partial charge in [-0.1, -0.05) is 54.6 Å². The average molecular weight is 357 g/mol. The summed E-state index contributed by atoms with van der Waals surface area (Å²) in [5.74, 6) is -0.551. The minimum absolute atomic E-state index is 0.258. The third-order valence-corrected chi connectivity index (χ3v) is 3.99. The maximum Gasteiger partial charge on any atom is 0.247 e. The van der Waals surface area contributed by atoms with Gasteiger partial charge >= 0.3 is 0 Å². The molecule has 0 bridgehead atoms. The lowest BCUT2D eigenvalue weighted by Crippen LogP contribution is -2.44. The summed E-state index contributed by atoms with van der Waals surface area (Å²) in [6.45, 7) is 7.13. The fourth-order valence-electron chi connectivity index (χ4n) is 2.47. The minimum atomic E-state index is -0.667. The van der Waals surface area contributed by atoms with Gasteiger partial charge in [-0.25, -0.2) is 0 Å². The zero-order chi connectivity index (χ0) is 18.4. The first-order chi connectivity index (χ1) is 11.9. The molecule has 0 aliphatic heterocycles. The van der Waals surface area contributed by atoms with E-state index in [4.69, 9.17) is 11.6 Å². The molecule has 0 saturated carbocycles. The lowest BCUT2D eigenvalue weighted by molar-refractivity contribution is -0.125. The Morgan fingerprint density at radius 2 is 1.80 bits per heavy atom. The molecule has 2 aromatic carbocycles. The van der Waals surface area contributed by atoms with Crippen LogP contribution in [0.5, 0.6) is 0 Å².